The number of ether oxygens (including phenoxy) is 1. The minimum Gasteiger partial charge on any atom is -0.377 e. The van der Waals surface area contributed by atoms with Gasteiger partial charge in [-0.3, -0.25) is 0 Å². The first-order chi connectivity index (χ1) is 11.9. The summed E-state index contributed by atoms with van der Waals surface area (Å²) >= 11 is 1.71. The van der Waals surface area contributed by atoms with E-state index in [1.807, 2.05) is 6.07 Å². The molecule has 0 radical (unpaired) electrons. The van der Waals surface area contributed by atoms with Crippen LogP contribution in [0.3, 0.4) is 0 Å². The second-order valence-electron chi connectivity index (χ2n) is 5.78. The van der Waals surface area contributed by atoms with E-state index in [-0.39, 0.29) is 0 Å². The van der Waals surface area contributed by atoms with Gasteiger partial charge in [0, 0.05) is 11.4 Å². The SMILES string of the molecule is C1=C(CCNc2ncnc3sc(-c4ccccc4)cc23)CCOC1. The number of nitrogens with one attached hydrogen (secondary N) is 1. The van der Waals surface area contributed by atoms with Crippen LogP contribution in [0.15, 0.2) is 54.4 Å². The first-order valence-electron chi connectivity index (χ1n) is 8.19. The number of anilines is 1. The standard InChI is InChI=1S/C19H19N3OS/c1-2-4-15(5-3-1)17-12-16-18(21-13-22-19(16)24-17)20-9-6-14-7-10-23-11-8-14/h1-5,7,12-13H,6,8-11H2,(H,20,21,22). The van der Waals surface area contributed by atoms with Crippen LogP contribution in [-0.4, -0.2) is 29.7 Å². The van der Waals surface area contributed by atoms with Crippen molar-refractivity contribution in [2.75, 3.05) is 25.1 Å². The predicted molar refractivity (Wildman–Crippen MR) is 99.5 cm³/mol. The molecule has 0 amide bonds. The number of rotatable bonds is 5. The van der Waals surface area contributed by atoms with Crippen molar-refractivity contribution >= 4 is 27.4 Å². The lowest BCUT2D eigenvalue weighted by molar-refractivity contribution is 0.153. The Kier molecular flexibility index (Phi) is 4.53. The number of thiophene rings is 1. The molecule has 0 saturated carbocycles. The molecular formula is C19H19N3OS. The molecule has 0 spiro atoms. The number of hydrogen-bond donors (Lipinski definition) is 1. The van der Waals surface area contributed by atoms with E-state index in [2.05, 4.69) is 51.7 Å². The van der Waals surface area contributed by atoms with Crippen molar-refractivity contribution in [3.8, 4) is 10.4 Å². The van der Waals surface area contributed by atoms with E-state index in [0.717, 1.165) is 48.6 Å². The van der Waals surface area contributed by atoms with Crippen LogP contribution in [0.1, 0.15) is 12.8 Å². The summed E-state index contributed by atoms with van der Waals surface area (Å²) in [5.41, 5.74) is 2.69. The molecule has 3 aromatic rings. The van der Waals surface area contributed by atoms with Crippen LogP contribution in [0, 0.1) is 0 Å². The van der Waals surface area contributed by atoms with Crippen molar-refractivity contribution in [2.24, 2.45) is 0 Å². The number of aromatic nitrogens is 2. The van der Waals surface area contributed by atoms with Crippen molar-refractivity contribution in [3.63, 3.8) is 0 Å². The van der Waals surface area contributed by atoms with Crippen molar-refractivity contribution in [3.05, 3.63) is 54.4 Å². The van der Waals surface area contributed by atoms with Crippen LogP contribution >= 0.6 is 11.3 Å². The van der Waals surface area contributed by atoms with Gasteiger partial charge in [-0.2, -0.15) is 0 Å². The Morgan fingerprint density at radius 3 is 2.92 bits per heavy atom. The highest BCUT2D eigenvalue weighted by molar-refractivity contribution is 7.21. The molecule has 122 valence electrons. The summed E-state index contributed by atoms with van der Waals surface area (Å²) < 4.78 is 5.35. The zero-order valence-corrected chi connectivity index (χ0v) is 14.2. The molecule has 0 unspecified atom stereocenters. The molecule has 0 fully saturated rings. The maximum Gasteiger partial charge on any atom is 0.138 e. The van der Waals surface area contributed by atoms with E-state index in [4.69, 9.17) is 4.74 Å². The lowest BCUT2D eigenvalue weighted by Gasteiger charge is -2.14. The Bertz CT molecular complexity index is 857. The summed E-state index contributed by atoms with van der Waals surface area (Å²) in [6.07, 6.45) is 5.91. The summed E-state index contributed by atoms with van der Waals surface area (Å²) in [4.78, 5) is 11.1. The third-order valence-corrected chi connectivity index (χ3v) is 5.28. The molecule has 4 nitrogen and oxygen atoms in total. The minimum absolute atomic E-state index is 0.748. The van der Waals surface area contributed by atoms with Gasteiger partial charge in [0.05, 0.1) is 18.6 Å². The highest BCUT2D eigenvalue weighted by atomic mass is 32.1. The van der Waals surface area contributed by atoms with Gasteiger partial charge in [0.25, 0.3) is 0 Å². The van der Waals surface area contributed by atoms with Crippen molar-refractivity contribution in [2.45, 2.75) is 12.8 Å². The topological polar surface area (TPSA) is 47.0 Å². The van der Waals surface area contributed by atoms with Gasteiger partial charge in [0.1, 0.15) is 17.0 Å². The third-order valence-electron chi connectivity index (χ3n) is 4.18. The first kappa shape index (κ1) is 15.3. The fraction of sp³-hybridized carbons (Fsp3) is 0.263. The van der Waals surface area contributed by atoms with Crippen molar-refractivity contribution in [1.29, 1.82) is 0 Å². The molecule has 1 N–H and O–H groups in total. The normalized spacial score (nSPS) is 14.6. The van der Waals surface area contributed by atoms with Gasteiger partial charge >= 0.3 is 0 Å². The molecule has 0 bridgehead atoms. The van der Waals surface area contributed by atoms with Gasteiger partial charge in [-0.05, 0) is 24.5 Å². The maximum absolute atomic E-state index is 5.35. The summed E-state index contributed by atoms with van der Waals surface area (Å²) in [5.74, 6) is 0.922. The second kappa shape index (κ2) is 7.11. The molecule has 5 heteroatoms. The van der Waals surface area contributed by atoms with Gasteiger partial charge in [0.15, 0.2) is 0 Å². The van der Waals surface area contributed by atoms with Crippen LogP contribution in [0.25, 0.3) is 20.7 Å². The number of fused-ring (bicyclic) bond motifs is 1. The summed E-state index contributed by atoms with van der Waals surface area (Å²) in [6, 6.07) is 12.6. The molecule has 0 atom stereocenters. The molecule has 0 aliphatic carbocycles. The number of hydrogen-bond acceptors (Lipinski definition) is 5. The molecule has 4 rings (SSSR count). The average Bonchev–Trinajstić information content (AvgIpc) is 3.09. The zero-order chi connectivity index (χ0) is 16.2. The first-order valence-corrected chi connectivity index (χ1v) is 9.01. The minimum atomic E-state index is 0.748. The van der Waals surface area contributed by atoms with Gasteiger partial charge in [-0.25, -0.2) is 9.97 Å². The highest BCUT2D eigenvalue weighted by Crippen LogP contribution is 2.34. The monoisotopic (exact) mass is 337 g/mol. The summed E-state index contributed by atoms with van der Waals surface area (Å²) in [7, 11) is 0. The lowest BCUT2D eigenvalue weighted by Crippen LogP contribution is -2.09. The molecule has 1 aromatic carbocycles. The Labute approximate surface area is 145 Å². The zero-order valence-electron chi connectivity index (χ0n) is 13.4. The van der Waals surface area contributed by atoms with E-state index in [1.54, 1.807) is 17.7 Å². The van der Waals surface area contributed by atoms with Gasteiger partial charge in [-0.15, -0.1) is 11.3 Å². The van der Waals surface area contributed by atoms with Gasteiger partial charge in [0.2, 0.25) is 0 Å². The predicted octanol–water partition coefficient (Wildman–Crippen LogP) is 4.51. The van der Waals surface area contributed by atoms with E-state index in [9.17, 15) is 0 Å². The molecule has 24 heavy (non-hydrogen) atoms. The maximum atomic E-state index is 5.35. The van der Waals surface area contributed by atoms with Crippen LogP contribution in [0.5, 0.6) is 0 Å². The third kappa shape index (κ3) is 3.32. The summed E-state index contributed by atoms with van der Waals surface area (Å²) in [6.45, 7) is 2.47. The molecule has 0 saturated heterocycles. The number of benzene rings is 1. The van der Waals surface area contributed by atoms with Crippen LogP contribution in [0.4, 0.5) is 5.82 Å². The second-order valence-corrected chi connectivity index (χ2v) is 6.81. The quantitative estimate of drug-likeness (QED) is 0.696. The van der Waals surface area contributed by atoms with E-state index >= 15 is 0 Å². The fourth-order valence-corrected chi connectivity index (χ4v) is 3.88. The molecule has 2 aromatic heterocycles. The van der Waals surface area contributed by atoms with E-state index < -0.39 is 0 Å². The largest absolute Gasteiger partial charge is 0.377 e. The summed E-state index contributed by atoms with van der Waals surface area (Å²) in [5, 5.41) is 4.57. The average molecular weight is 337 g/mol. The van der Waals surface area contributed by atoms with Crippen molar-refractivity contribution in [1.82, 2.24) is 9.97 Å². The molecule has 1 aliphatic heterocycles. The van der Waals surface area contributed by atoms with Crippen LogP contribution in [0.2, 0.25) is 0 Å². The fourth-order valence-electron chi connectivity index (χ4n) is 2.88. The van der Waals surface area contributed by atoms with Gasteiger partial charge in [-0.1, -0.05) is 42.0 Å². The lowest BCUT2D eigenvalue weighted by atomic mass is 10.1. The highest BCUT2D eigenvalue weighted by Gasteiger charge is 2.10. The van der Waals surface area contributed by atoms with Crippen molar-refractivity contribution < 1.29 is 4.74 Å². The smallest absolute Gasteiger partial charge is 0.138 e. The van der Waals surface area contributed by atoms with Crippen LogP contribution in [-0.2, 0) is 4.74 Å². The Morgan fingerprint density at radius 1 is 1.17 bits per heavy atom. The Balaban J connectivity index is 1.53. The van der Waals surface area contributed by atoms with E-state index in [0.29, 0.717) is 0 Å². The molecule has 3 heterocycles. The van der Waals surface area contributed by atoms with Crippen LogP contribution < -0.4 is 5.32 Å². The van der Waals surface area contributed by atoms with Gasteiger partial charge < -0.3 is 10.1 Å². The number of nitrogens with zero attached hydrogens (tertiary/aromatic N) is 2. The van der Waals surface area contributed by atoms with E-state index in [1.165, 1.54) is 16.0 Å². The Morgan fingerprint density at radius 2 is 2.08 bits per heavy atom. The molecular weight excluding hydrogens is 318 g/mol. The Hall–Kier alpha value is -2.24. The molecule has 1 aliphatic rings.